The number of nitrogens with zero attached hydrogens (tertiary/aromatic N) is 2. The molecule has 2 aromatic carbocycles. The third-order valence-electron chi connectivity index (χ3n) is 4.45. The van der Waals surface area contributed by atoms with Crippen molar-refractivity contribution in [3.05, 3.63) is 77.5 Å². The Morgan fingerprint density at radius 2 is 2.00 bits per heavy atom. The van der Waals surface area contributed by atoms with Crippen LogP contribution in [-0.4, -0.2) is 11.2 Å². The molecule has 0 fully saturated rings. The van der Waals surface area contributed by atoms with E-state index in [1.54, 1.807) is 6.20 Å². The molecule has 26 heavy (non-hydrogen) atoms. The predicted molar refractivity (Wildman–Crippen MR) is 107 cm³/mol. The lowest BCUT2D eigenvalue weighted by Crippen LogP contribution is -2.08. The lowest BCUT2D eigenvalue weighted by atomic mass is 10.0. The fourth-order valence-corrected chi connectivity index (χ4v) is 2.99. The van der Waals surface area contributed by atoms with Gasteiger partial charge in [0.05, 0.1) is 16.8 Å². The maximum Gasteiger partial charge on any atom is 0.103 e. The van der Waals surface area contributed by atoms with E-state index in [0.29, 0.717) is 5.56 Å². The number of aromatic nitrogens is 1. The van der Waals surface area contributed by atoms with Gasteiger partial charge in [-0.05, 0) is 42.7 Å². The Bertz CT molecular complexity index is 1010. The Morgan fingerprint density at radius 3 is 2.65 bits per heavy atom. The van der Waals surface area contributed by atoms with Gasteiger partial charge < -0.3 is 10.7 Å². The van der Waals surface area contributed by atoms with Crippen LogP contribution in [0.5, 0.6) is 0 Å². The minimum absolute atomic E-state index is 0.0430. The summed E-state index contributed by atoms with van der Waals surface area (Å²) in [6.07, 6.45) is 4.84. The minimum atomic E-state index is 0.0430. The molecule has 1 heterocycles. The van der Waals surface area contributed by atoms with Crippen LogP contribution in [0.4, 0.5) is 5.69 Å². The minimum Gasteiger partial charge on any atom is -0.377 e. The molecule has 0 aliphatic rings. The molecule has 0 spiro atoms. The molecule has 3 aromatic rings. The molecule has 128 valence electrons. The summed E-state index contributed by atoms with van der Waals surface area (Å²) in [6, 6.07) is 18.3. The second-order valence-electron chi connectivity index (χ2n) is 6.06. The molecule has 2 N–H and O–H groups in total. The first-order chi connectivity index (χ1) is 12.7. The van der Waals surface area contributed by atoms with Gasteiger partial charge in [-0.15, -0.1) is 0 Å². The number of benzene rings is 2. The van der Waals surface area contributed by atoms with E-state index in [4.69, 9.17) is 5.41 Å². The molecule has 0 aliphatic carbocycles. The molecule has 0 saturated carbocycles. The Balaban J connectivity index is 2.13. The van der Waals surface area contributed by atoms with E-state index in [9.17, 15) is 5.26 Å². The molecule has 3 rings (SSSR count). The Hall–Kier alpha value is -3.45. The van der Waals surface area contributed by atoms with Crippen LogP contribution in [0, 0.1) is 16.7 Å². The third kappa shape index (κ3) is 3.33. The Kier molecular flexibility index (Phi) is 5.09. The molecular formula is C22H20N4. The maximum atomic E-state index is 9.55. The Morgan fingerprint density at radius 1 is 1.23 bits per heavy atom. The van der Waals surface area contributed by atoms with Gasteiger partial charge >= 0.3 is 0 Å². The summed E-state index contributed by atoms with van der Waals surface area (Å²) in [7, 11) is 0. The first kappa shape index (κ1) is 17.4. The molecular weight excluding hydrogens is 320 g/mol. The summed E-state index contributed by atoms with van der Waals surface area (Å²) < 4.78 is 0. The molecule has 0 aliphatic heterocycles. The molecule has 0 amide bonds. The van der Waals surface area contributed by atoms with Gasteiger partial charge in [0.1, 0.15) is 6.07 Å². The third-order valence-corrected chi connectivity index (χ3v) is 4.45. The SMILES string of the molecule is C/C=C(\C=N)c1ccc2ncc(C#N)c(NC(C)c3ccccc3)c2c1. The molecule has 0 bridgehead atoms. The van der Waals surface area contributed by atoms with E-state index in [0.717, 1.165) is 33.3 Å². The number of rotatable bonds is 5. The van der Waals surface area contributed by atoms with Crippen LogP contribution in [0.3, 0.4) is 0 Å². The summed E-state index contributed by atoms with van der Waals surface area (Å²) in [4.78, 5) is 4.41. The van der Waals surface area contributed by atoms with E-state index in [1.807, 2.05) is 49.4 Å². The zero-order valence-electron chi connectivity index (χ0n) is 14.8. The number of fused-ring (bicyclic) bond motifs is 1. The molecule has 1 unspecified atom stereocenters. The summed E-state index contributed by atoms with van der Waals surface area (Å²) in [5.74, 6) is 0. The molecule has 4 heteroatoms. The fourth-order valence-electron chi connectivity index (χ4n) is 2.99. The number of hydrogen-bond donors (Lipinski definition) is 2. The van der Waals surface area contributed by atoms with Gasteiger partial charge in [0.25, 0.3) is 0 Å². The van der Waals surface area contributed by atoms with Crippen molar-refractivity contribution in [3.63, 3.8) is 0 Å². The number of nitrogens with one attached hydrogen (secondary N) is 2. The van der Waals surface area contributed by atoms with E-state index in [-0.39, 0.29) is 6.04 Å². The van der Waals surface area contributed by atoms with Crippen molar-refractivity contribution in [2.24, 2.45) is 0 Å². The van der Waals surface area contributed by atoms with Gasteiger partial charge in [-0.2, -0.15) is 5.26 Å². The Labute approximate surface area is 153 Å². The number of anilines is 1. The van der Waals surface area contributed by atoms with Gasteiger partial charge in [0.2, 0.25) is 0 Å². The smallest absolute Gasteiger partial charge is 0.103 e. The average molecular weight is 340 g/mol. The van der Waals surface area contributed by atoms with Gasteiger partial charge in [-0.1, -0.05) is 42.5 Å². The lowest BCUT2D eigenvalue weighted by molar-refractivity contribution is 0.885. The lowest BCUT2D eigenvalue weighted by Gasteiger charge is -2.18. The van der Waals surface area contributed by atoms with Crippen molar-refractivity contribution in [1.29, 1.82) is 10.7 Å². The van der Waals surface area contributed by atoms with Crippen molar-refractivity contribution in [3.8, 4) is 6.07 Å². The number of hydrogen-bond acceptors (Lipinski definition) is 4. The van der Waals surface area contributed by atoms with Crippen molar-refractivity contribution in [2.75, 3.05) is 5.32 Å². The maximum absolute atomic E-state index is 9.55. The number of nitriles is 1. The molecule has 0 radical (unpaired) electrons. The topological polar surface area (TPSA) is 72.6 Å². The monoisotopic (exact) mass is 340 g/mol. The van der Waals surface area contributed by atoms with Crippen molar-refractivity contribution in [1.82, 2.24) is 4.98 Å². The second kappa shape index (κ2) is 7.62. The average Bonchev–Trinajstić information content (AvgIpc) is 2.70. The molecule has 0 saturated heterocycles. The van der Waals surface area contributed by atoms with E-state index < -0.39 is 0 Å². The van der Waals surface area contributed by atoms with Crippen LogP contribution in [0.2, 0.25) is 0 Å². The van der Waals surface area contributed by atoms with Gasteiger partial charge in [-0.25, -0.2) is 0 Å². The van der Waals surface area contributed by atoms with Crippen LogP contribution in [0.1, 0.15) is 36.6 Å². The van der Waals surface area contributed by atoms with E-state index in [2.05, 4.69) is 35.4 Å². The predicted octanol–water partition coefficient (Wildman–Crippen LogP) is 5.33. The fraction of sp³-hybridized carbons (Fsp3) is 0.136. The highest BCUT2D eigenvalue weighted by Crippen LogP contribution is 2.31. The zero-order chi connectivity index (χ0) is 18.5. The number of allylic oxidation sites excluding steroid dienone is 2. The summed E-state index contributed by atoms with van der Waals surface area (Å²) in [6.45, 7) is 3.98. The van der Waals surface area contributed by atoms with Gasteiger partial charge in [0.15, 0.2) is 0 Å². The first-order valence-electron chi connectivity index (χ1n) is 8.49. The van der Waals surface area contributed by atoms with Crippen LogP contribution >= 0.6 is 0 Å². The second-order valence-corrected chi connectivity index (χ2v) is 6.06. The highest BCUT2D eigenvalue weighted by Gasteiger charge is 2.13. The number of pyridine rings is 1. The summed E-state index contributed by atoms with van der Waals surface area (Å²) >= 11 is 0. The molecule has 4 nitrogen and oxygen atoms in total. The van der Waals surface area contributed by atoms with Crippen LogP contribution < -0.4 is 5.32 Å². The summed E-state index contributed by atoms with van der Waals surface area (Å²) in [5, 5.41) is 21.5. The first-order valence-corrected chi connectivity index (χ1v) is 8.49. The van der Waals surface area contributed by atoms with Gasteiger partial charge in [0, 0.05) is 23.8 Å². The van der Waals surface area contributed by atoms with Crippen LogP contribution in [-0.2, 0) is 0 Å². The van der Waals surface area contributed by atoms with Crippen LogP contribution in [0.15, 0.2) is 60.8 Å². The standard InChI is InChI=1S/C22H20N4/c1-3-16(12-23)18-9-10-21-20(11-18)22(19(13-24)14-25-21)26-15(2)17-7-5-4-6-8-17/h3-12,14-15,23H,1-2H3,(H,25,26)/b16-3+,23-12?. The highest BCUT2D eigenvalue weighted by atomic mass is 14.9. The molecule has 1 atom stereocenters. The van der Waals surface area contributed by atoms with Crippen LogP contribution in [0.25, 0.3) is 16.5 Å². The zero-order valence-corrected chi connectivity index (χ0v) is 14.8. The van der Waals surface area contributed by atoms with E-state index >= 15 is 0 Å². The van der Waals surface area contributed by atoms with Crippen molar-refractivity contribution < 1.29 is 0 Å². The van der Waals surface area contributed by atoms with Gasteiger partial charge in [-0.3, -0.25) is 4.98 Å². The largest absolute Gasteiger partial charge is 0.377 e. The highest BCUT2D eigenvalue weighted by molar-refractivity contribution is 6.10. The summed E-state index contributed by atoms with van der Waals surface area (Å²) in [5.41, 5.74) is 5.01. The molecule has 1 aromatic heterocycles. The normalized spacial score (nSPS) is 12.4. The van der Waals surface area contributed by atoms with Crippen molar-refractivity contribution in [2.45, 2.75) is 19.9 Å². The van der Waals surface area contributed by atoms with Crippen molar-refractivity contribution >= 4 is 28.4 Å². The quantitative estimate of drug-likeness (QED) is 0.616. The van der Waals surface area contributed by atoms with E-state index in [1.165, 1.54) is 6.21 Å².